The van der Waals surface area contributed by atoms with Gasteiger partial charge >= 0.3 is 0 Å². The fourth-order valence-electron chi connectivity index (χ4n) is 2.09. The third-order valence-electron chi connectivity index (χ3n) is 2.83. The van der Waals surface area contributed by atoms with Crippen molar-refractivity contribution >= 4 is 0 Å². The number of methoxy groups -OCH3 is 2. The van der Waals surface area contributed by atoms with Gasteiger partial charge < -0.3 is 19.9 Å². The highest BCUT2D eigenvalue weighted by Gasteiger charge is 2.26. The van der Waals surface area contributed by atoms with E-state index in [9.17, 15) is 5.11 Å². The van der Waals surface area contributed by atoms with Gasteiger partial charge in [-0.15, -0.1) is 0 Å². The second kappa shape index (κ2) is 4.57. The van der Waals surface area contributed by atoms with Crippen molar-refractivity contribution in [3.63, 3.8) is 0 Å². The van der Waals surface area contributed by atoms with Crippen molar-refractivity contribution < 1.29 is 14.6 Å². The average molecular weight is 224 g/mol. The van der Waals surface area contributed by atoms with Crippen LogP contribution in [0.5, 0.6) is 17.4 Å². The topological polar surface area (TPSA) is 63.6 Å². The largest absolute Gasteiger partial charge is 0.506 e. The smallest absolute Gasteiger partial charge is 0.257 e. The Hall–Kier alpha value is -1.49. The zero-order chi connectivity index (χ0) is 11.5. The average Bonchev–Trinajstić information content (AvgIpc) is 2.81. The first-order valence-electron chi connectivity index (χ1n) is 5.31. The van der Waals surface area contributed by atoms with Gasteiger partial charge in [0, 0.05) is 6.04 Å². The number of hydrogen-bond donors (Lipinski definition) is 2. The van der Waals surface area contributed by atoms with Gasteiger partial charge in [0.05, 0.1) is 26.0 Å². The van der Waals surface area contributed by atoms with Crippen LogP contribution in [-0.2, 0) is 0 Å². The Kier molecular flexibility index (Phi) is 3.14. The van der Waals surface area contributed by atoms with Crippen LogP contribution in [0.3, 0.4) is 0 Å². The maximum absolute atomic E-state index is 9.86. The van der Waals surface area contributed by atoms with Gasteiger partial charge in [-0.3, -0.25) is 0 Å². The number of aromatic hydroxyl groups is 1. The number of ether oxygens (including phenoxy) is 2. The predicted molar refractivity (Wildman–Crippen MR) is 59.0 cm³/mol. The molecule has 5 heteroatoms. The minimum Gasteiger partial charge on any atom is -0.506 e. The lowest BCUT2D eigenvalue weighted by molar-refractivity contribution is 0.330. The van der Waals surface area contributed by atoms with Crippen molar-refractivity contribution in [2.24, 2.45) is 0 Å². The first-order valence-corrected chi connectivity index (χ1v) is 5.31. The van der Waals surface area contributed by atoms with Crippen LogP contribution in [0.1, 0.15) is 24.4 Å². The molecule has 1 unspecified atom stereocenters. The van der Waals surface area contributed by atoms with E-state index in [0.29, 0.717) is 11.6 Å². The molecule has 0 bridgehead atoms. The molecule has 0 aliphatic carbocycles. The quantitative estimate of drug-likeness (QED) is 0.808. The molecule has 1 fully saturated rings. The number of hydrogen-bond acceptors (Lipinski definition) is 5. The van der Waals surface area contributed by atoms with E-state index >= 15 is 0 Å². The van der Waals surface area contributed by atoms with Crippen LogP contribution in [0.25, 0.3) is 0 Å². The van der Waals surface area contributed by atoms with Crippen molar-refractivity contribution in [2.45, 2.75) is 18.9 Å². The molecule has 1 saturated heterocycles. The molecular weight excluding hydrogens is 208 g/mol. The Balaban J connectivity index is 2.47. The van der Waals surface area contributed by atoms with Crippen LogP contribution >= 0.6 is 0 Å². The second-order valence-electron chi connectivity index (χ2n) is 3.75. The van der Waals surface area contributed by atoms with E-state index in [1.807, 2.05) is 0 Å². The summed E-state index contributed by atoms with van der Waals surface area (Å²) in [4.78, 5) is 3.97. The number of nitrogens with one attached hydrogen (secondary N) is 1. The van der Waals surface area contributed by atoms with Gasteiger partial charge in [-0.1, -0.05) is 0 Å². The Labute approximate surface area is 94.4 Å². The molecule has 2 heterocycles. The molecule has 16 heavy (non-hydrogen) atoms. The monoisotopic (exact) mass is 224 g/mol. The number of aromatic nitrogens is 1. The van der Waals surface area contributed by atoms with Gasteiger partial charge in [0.1, 0.15) is 5.75 Å². The lowest BCUT2D eigenvalue weighted by Crippen LogP contribution is -2.14. The SMILES string of the molecule is COc1ncc(O)c(C2CCCN2)c1OC. The molecule has 88 valence electrons. The lowest BCUT2D eigenvalue weighted by Gasteiger charge is -2.17. The summed E-state index contributed by atoms with van der Waals surface area (Å²) >= 11 is 0. The molecule has 1 aliphatic heterocycles. The summed E-state index contributed by atoms with van der Waals surface area (Å²) in [5.41, 5.74) is 0.742. The molecule has 1 aromatic heterocycles. The zero-order valence-corrected chi connectivity index (χ0v) is 9.49. The van der Waals surface area contributed by atoms with E-state index in [4.69, 9.17) is 9.47 Å². The predicted octanol–water partition coefficient (Wildman–Crippen LogP) is 1.23. The molecule has 0 saturated carbocycles. The zero-order valence-electron chi connectivity index (χ0n) is 9.49. The molecule has 2 N–H and O–H groups in total. The molecule has 1 aromatic rings. The highest BCUT2D eigenvalue weighted by molar-refractivity contribution is 5.50. The summed E-state index contributed by atoms with van der Waals surface area (Å²) in [6.07, 6.45) is 3.48. The van der Waals surface area contributed by atoms with Crippen LogP contribution < -0.4 is 14.8 Å². The summed E-state index contributed by atoms with van der Waals surface area (Å²) in [6, 6.07) is 0.117. The molecule has 1 aliphatic rings. The van der Waals surface area contributed by atoms with Crippen LogP contribution in [0.15, 0.2) is 6.20 Å². The fraction of sp³-hybridized carbons (Fsp3) is 0.545. The summed E-state index contributed by atoms with van der Waals surface area (Å²) in [6.45, 7) is 0.956. The second-order valence-corrected chi connectivity index (χ2v) is 3.75. The maximum atomic E-state index is 9.86. The van der Waals surface area contributed by atoms with Crippen molar-refractivity contribution in [1.82, 2.24) is 10.3 Å². The van der Waals surface area contributed by atoms with Gasteiger partial charge in [0.25, 0.3) is 5.88 Å². The Morgan fingerprint density at radius 1 is 1.44 bits per heavy atom. The van der Waals surface area contributed by atoms with Crippen molar-refractivity contribution in [1.29, 1.82) is 0 Å². The van der Waals surface area contributed by atoms with Crippen LogP contribution in [-0.4, -0.2) is 30.9 Å². The lowest BCUT2D eigenvalue weighted by atomic mass is 10.0. The normalized spacial score (nSPS) is 19.8. The van der Waals surface area contributed by atoms with E-state index in [2.05, 4.69) is 10.3 Å². The molecule has 5 nitrogen and oxygen atoms in total. The first kappa shape index (κ1) is 11.0. The van der Waals surface area contributed by atoms with Crippen LogP contribution in [0.2, 0.25) is 0 Å². The minimum atomic E-state index is 0.117. The fourth-order valence-corrected chi connectivity index (χ4v) is 2.09. The molecule has 0 amide bonds. The summed E-state index contributed by atoms with van der Waals surface area (Å²) in [7, 11) is 3.09. The maximum Gasteiger partial charge on any atom is 0.257 e. The van der Waals surface area contributed by atoms with Gasteiger partial charge in [-0.2, -0.15) is 0 Å². The van der Waals surface area contributed by atoms with E-state index in [-0.39, 0.29) is 11.8 Å². The van der Waals surface area contributed by atoms with Crippen molar-refractivity contribution in [3.8, 4) is 17.4 Å². The molecular formula is C11H16N2O3. The highest BCUT2D eigenvalue weighted by Crippen LogP contribution is 2.41. The molecule has 2 rings (SSSR count). The van der Waals surface area contributed by atoms with Gasteiger partial charge in [-0.25, -0.2) is 4.98 Å². The number of pyridine rings is 1. The minimum absolute atomic E-state index is 0.117. The van der Waals surface area contributed by atoms with Crippen LogP contribution in [0, 0.1) is 0 Å². The van der Waals surface area contributed by atoms with E-state index in [1.54, 1.807) is 7.11 Å². The molecule has 0 spiro atoms. The van der Waals surface area contributed by atoms with Crippen molar-refractivity contribution in [2.75, 3.05) is 20.8 Å². The van der Waals surface area contributed by atoms with E-state index in [0.717, 1.165) is 24.9 Å². The summed E-state index contributed by atoms with van der Waals surface area (Å²) in [5, 5.41) is 13.2. The molecule has 0 aromatic carbocycles. The Morgan fingerprint density at radius 2 is 2.25 bits per heavy atom. The number of nitrogens with zero attached hydrogens (tertiary/aromatic N) is 1. The Morgan fingerprint density at radius 3 is 2.81 bits per heavy atom. The van der Waals surface area contributed by atoms with Gasteiger partial charge in [-0.05, 0) is 19.4 Å². The standard InChI is InChI=1S/C11H16N2O3/c1-15-10-9(7-4-3-5-12-7)8(14)6-13-11(10)16-2/h6-7,12,14H,3-5H2,1-2H3. The molecule has 0 radical (unpaired) electrons. The number of rotatable bonds is 3. The van der Waals surface area contributed by atoms with E-state index < -0.39 is 0 Å². The van der Waals surface area contributed by atoms with Gasteiger partial charge in [0.2, 0.25) is 0 Å². The third kappa shape index (κ3) is 1.78. The Bertz CT molecular complexity index is 376. The summed E-state index contributed by atoms with van der Waals surface area (Å²) < 4.78 is 10.4. The van der Waals surface area contributed by atoms with E-state index in [1.165, 1.54) is 13.3 Å². The first-order chi connectivity index (χ1) is 7.77. The van der Waals surface area contributed by atoms with Crippen LogP contribution in [0.4, 0.5) is 0 Å². The highest BCUT2D eigenvalue weighted by atomic mass is 16.5. The molecule has 1 atom stereocenters. The third-order valence-corrected chi connectivity index (χ3v) is 2.83. The summed E-state index contributed by atoms with van der Waals surface area (Å²) in [5.74, 6) is 1.07. The van der Waals surface area contributed by atoms with Gasteiger partial charge in [0.15, 0.2) is 5.75 Å². The van der Waals surface area contributed by atoms with Crippen molar-refractivity contribution in [3.05, 3.63) is 11.8 Å².